The molecule has 1 aromatic carbocycles. The Balaban J connectivity index is 2.39. The van der Waals surface area contributed by atoms with E-state index in [0.717, 1.165) is 12.1 Å². The number of nitrogens with one attached hydrogen (secondary N) is 1. The van der Waals surface area contributed by atoms with Gasteiger partial charge in [0.25, 0.3) is 0 Å². The minimum absolute atomic E-state index is 0.143. The number of anilines is 1. The van der Waals surface area contributed by atoms with E-state index < -0.39 is 22.0 Å². The summed E-state index contributed by atoms with van der Waals surface area (Å²) in [5.41, 5.74) is 5.28. The molecule has 2 rings (SSSR count). The summed E-state index contributed by atoms with van der Waals surface area (Å²) in [7, 11) is 0. The highest BCUT2D eigenvalue weighted by atomic mass is 79.9. The van der Waals surface area contributed by atoms with Crippen LogP contribution in [-0.4, -0.2) is 4.98 Å². The van der Waals surface area contributed by atoms with Gasteiger partial charge in [-0.3, -0.25) is 0 Å². The molecule has 0 saturated carbocycles. The number of hydrogen-bond acceptors (Lipinski definition) is 1. The van der Waals surface area contributed by atoms with Crippen LogP contribution in [0, 0.1) is 5.82 Å². The molecule has 0 fully saturated rings. The maximum atomic E-state index is 13.5. The number of benzene rings is 1. The average Bonchev–Trinajstić information content (AvgIpc) is 2.67. The Bertz CT molecular complexity index is 604. The number of alkyl halides is 3. The van der Waals surface area contributed by atoms with E-state index in [9.17, 15) is 17.6 Å². The molecule has 0 aliphatic carbocycles. The van der Waals surface area contributed by atoms with Gasteiger partial charge in [0, 0.05) is 12.1 Å². The summed E-state index contributed by atoms with van der Waals surface area (Å²) >= 11 is 2.62. The van der Waals surface area contributed by atoms with E-state index in [4.69, 9.17) is 5.73 Å². The molecule has 2 nitrogen and oxygen atoms in total. The van der Waals surface area contributed by atoms with Crippen LogP contribution in [0.2, 0.25) is 0 Å². The molecule has 0 unspecified atom stereocenters. The summed E-state index contributed by atoms with van der Waals surface area (Å²) in [6.45, 7) is 0. The van der Waals surface area contributed by atoms with Gasteiger partial charge in [0.1, 0.15) is 11.6 Å². The summed E-state index contributed by atoms with van der Waals surface area (Å²) in [5, 5.41) is 0. The molecule has 0 radical (unpaired) electrons. The molecule has 102 valence electrons. The van der Waals surface area contributed by atoms with Crippen LogP contribution in [0.3, 0.4) is 0 Å². The Labute approximate surface area is 114 Å². The first-order valence-electron chi connectivity index (χ1n) is 5.26. The Morgan fingerprint density at radius 3 is 2.42 bits per heavy atom. The largest absolute Gasteiger partial charge is 0.417 e. The highest BCUT2D eigenvalue weighted by Crippen LogP contribution is 2.37. The van der Waals surface area contributed by atoms with E-state index in [0.29, 0.717) is 11.5 Å². The fourth-order valence-electron chi connectivity index (χ4n) is 1.74. The fraction of sp³-hybridized carbons (Fsp3) is 0.167. The van der Waals surface area contributed by atoms with Crippen molar-refractivity contribution < 1.29 is 17.6 Å². The van der Waals surface area contributed by atoms with E-state index in [1.807, 2.05) is 0 Å². The van der Waals surface area contributed by atoms with Gasteiger partial charge in [-0.1, -0.05) is 0 Å². The van der Waals surface area contributed by atoms with Gasteiger partial charge in [0.05, 0.1) is 10.0 Å². The zero-order valence-electron chi connectivity index (χ0n) is 9.48. The lowest BCUT2D eigenvalue weighted by Gasteiger charge is -2.12. The molecule has 2 aromatic rings. The van der Waals surface area contributed by atoms with Crippen LogP contribution in [0.15, 0.2) is 28.7 Å². The van der Waals surface area contributed by atoms with Gasteiger partial charge < -0.3 is 10.7 Å². The zero-order chi connectivity index (χ0) is 14.2. The van der Waals surface area contributed by atoms with Crippen molar-refractivity contribution in [2.75, 3.05) is 5.73 Å². The minimum Gasteiger partial charge on any atom is -0.385 e. The van der Waals surface area contributed by atoms with E-state index in [-0.39, 0.29) is 12.0 Å². The summed E-state index contributed by atoms with van der Waals surface area (Å²) in [6.07, 6.45) is -4.46. The standard InChI is InChI=1S/C12H9BrF4N2/c13-11-8(12(15,16)17)4-6(5-9(11)14)3-7-1-2-10(18)19-7/h1-2,4-5,19H,3,18H2. The van der Waals surface area contributed by atoms with Crippen LogP contribution in [0.1, 0.15) is 16.8 Å². The first kappa shape index (κ1) is 13.9. The molecular weight excluding hydrogens is 328 g/mol. The Morgan fingerprint density at radius 2 is 1.89 bits per heavy atom. The minimum atomic E-state index is -4.61. The second-order valence-electron chi connectivity index (χ2n) is 4.05. The first-order chi connectivity index (χ1) is 8.77. The van der Waals surface area contributed by atoms with Crippen molar-refractivity contribution in [3.8, 4) is 0 Å². The third-order valence-electron chi connectivity index (χ3n) is 2.56. The first-order valence-corrected chi connectivity index (χ1v) is 6.05. The Hall–Kier alpha value is -1.50. The fourth-order valence-corrected chi connectivity index (χ4v) is 2.19. The SMILES string of the molecule is Nc1ccc(Cc2cc(F)c(Br)c(C(F)(F)F)c2)[nH]1. The number of nitrogen functional groups attached to an aromatic ring is 1. The van der Waals surface area contributed by atoms with Gasteiger partial charge in [-0.05, 0) is 45.8 Å². The molecule has 0 amide bonds. The van der Waals surface area contributed by atoms with Crippen LogP contribution in [-0.2, 0) is 12.6 Å². The molecule has 3 N–H and O–H groups in total. The van der Waals surface area contributed by atoms with Crippen LogP contribution >= 0.6 is 15.9 Å². The number of aromatic nitrogens is 1. The normalized spacial score (nSPS) is 11.8. The number of rotatable bonds is 2. The van der Waals surface area contributed by atoms with Gasteiger partial charge in [-0.25, -0.2) is 4.39 Å². The molecule has 1 heterocycles. The van der Waals surface area contributed by atoms with Crippen molar-refractivity contribution in [2.24, 2.45) is 0 Å². The lowest BCUT2D eigenvalue weighted by molar-refractivity contribution is -0.138. The van der Waals surface area contributed by atoms with Crippen molar-refractivity contribution in [3.05, 3.63) is 51.4 Å². The highest BCUT2D eigenvalue weighted by Gasteiger charge is 2.34. The quantitative estimate of drug-likeness (QED) is 0.796. The third kappa shape index (κ3) is 3.09. The molecule has 0 aliphatic heterocycles. The lowest BCUT2D eigenvalue weighted by atomic mass is 10.1. The summed E-state index contributed by atoms with van der Waals surface area (Å²) < 4.78 is 51.1. The molecule has 7 heteroatoms. The van der Waals surface area contributed by atoms with Crippen LogP contribution < -0.4 is 5.73 Å². The summed E-state index contributed by atoms with van der Waals surface area (Å²) in [5.74, 6) is -0.534. The number of hydrogen-bond donors (Lipinski definition) is 2. The topological polar surface area (TPSA) is 41.8 Å². The number of H-pyrrole nitrogens is 1. The third-order valence-corrected chi connectivity index (χ3v) is 3.36. The van der Waals surface area contributed by atoms with E-state index in [1.54, 1.807) is 12.1 Å². The lowest BCUT2D eigenvalue weighted by Crippen LogP contribution is -2.08. The maximum absolute atomic E-state index is 13.5. The maximum Gasteiger partial charge on any atom is 0.417 e. The zero-order valence-corrected chi connectivity index (χ0v) is 11.1. The molecule has 1 aromatic heterocycles. The van der Waals surface area contributed by atoms with E-state index in [1.165, 1.54) is 0 Å². The van der Waals surface area contributed by atoms with Crippen molar-refractivity contribution in [3.63, 3.8) is 0 Å². The number of aromatic amines is 1. The molecule has 0 aliphatic rings. The second-order valence-corrected chi connectivity index (χ2v) is 4.85. The van der Waals surface area contributed by atoms with Gasteiger partial charge in [-0.15, -0.1) is 0 Å². The number of halogens is 5. The monoisotopic (exact) mass is 336 g/mol. The van der Waals surface area contributed by atoms with Gasteiger partial charge >= 0.3 is 6.18 Å². The van der Waals surface area contributed by atoms with Gasteiger partial charge in [-0.2, -0.15) is 13.2 Å². The van der Waals surface area contributed by atoms with Crippen molar-refractivity contribution in [1.82, 2.24) is 4.98 Å². The second kappa shape index (κ2) is 4.88. The van der Waals surface area contributed by atoms with Crippen LogP contribution in [0.25, 0.3) is 0 Å². The average molecular weight is 337 g/mol. The predicted molar refractivity (Wildman–Crippen MR) is 67.1 cm³/mol. The summed E-state index contributed by atoms with van der Waals surface area (Å²) in [6, 6.07) is 5.22. The van der Waals surface area contributed by atoms with E-state index >= 15 is 0 Å². The van der Waals surface area contributed by atoms with Crippen molar-refractivity contribution >= 4 is 21.7 Å². The number of nitrogens with two attached hydrogens (primary N) is 1. The molecule has 0 spiro atoms. The molecule has 19 heavy (non-hydrogen) atoms. The van der Waals surface area contributed by atoms with Gasteiger partial charge in [0.2, 0.25) is 0 Å². The van der Waals surface area contributed by atoms with Crippen LogP contribution in [0.4, 0.5) is 23.4 Å². The molecule has 0 bridgehead atoms. The summed E-state index contributed by atoms with van der Waals surface area (Å²) in [4.78, 5) is 2.78. The highest BCUT2D eigenvalue weighted by molar-refractivity contribution is 9.10. The smallest absolute Gasteiger partial charge is 0.385 e. The predicted octanol–water partition coefficient (Wildman–Crippen LogP) is 4.11. The Kier molecular flexibility index (Phi) is 3.58. The van der Waals surface area contributed by atoms with Crippen LogP contribution in [0.5, 0.6) is 0 Å². The van der Waals surface area contributed by atoms with E-state index in [2.05, 4.69) is 20.9 Å². The molecule has 0 atom stereocenters. The van der Waals surface area contributed by atoms with Gasteiger partial charge in [0.15, 0.2) is 0 Å². The Morgan fingerprint density at radius 1 is 1.21 bits per heavy atom. The molecule has 0 saturated heterocycles. The van der Waals surface area contributed by atoms with Crippen molar-refractivity contribution in [1.29, 1.82) is 0 Å². The van der Waals surface area contributed by atoms with Crippen molar-refractivity contribution in [2.45, 2.75) is 12.6 Å². The molecular formula is C12H9BrF4N2.